The van der Waals surface area contributed by atoms with Gasteiger partial charge in [0.1, 0.15) is 17.3 Å². The van der Waals surface area contributed by atoms with Crippen LogP contribution in [0, 0.1) is 34.6 Å². The summed E-state index contributed by atoms with van der Waals surface area (Å²) in [5.74, 6) is 1.45. The molecule has 1 aliphatic rings. The fourth-order valence-electron chi connectivity index (χ4n) is 4.50. The molecule has 0 saturated carbocycles. The maximum Gasteiger partial charge on any atom is 0.276 e. The van der Waals surface area contributed by atoms with E-state index in [-0.39, 0.29) is 5.91 Å². The number of benzene rings is 2. The summed E-state index contributed by atoms with van der Waals surface area (Å²) >= 11 is 0. The number of carbonyl (C=O) groups is 1. The fraction of sp³-hybridized carbons (Fsp3) is 0.333. The summed E-state index contributed by atoms with van der Waals surface area (Å²) in [6.07, 6.45) is 1.16. The van der Waals surface area contributed by atoms with Crippen LogP contribution < -0.4 is 9.64 Å². The summed E-state index contributed by atoms with van der Waals surface area (Å²) in [4.78, 5) is 20.5. The Hall–Kier alpha value is -3.34. The van der Waals surface area contributed by atoms with Crippen LogP contribution in [0.25, 0.3) is 0 Å². The van der Waals surface area contributed by atoms with E-state index in [9.17, 15) is 9.90 Å². The van der Waals surface area contributed by atoms with Gasteiger partial charge >= 0.3 is 0 Å². The van der Waals surface area contributed by atoms with E-state index >= 15 is 0 Å². The van der Waals surface area contributed by atoms with Crippen LogP contribution in [0.3, 0.4) is 0 Å². The number of nitrogens with zero attached hydrogens (tertiary/aromatic N) is 2. The Kier molecular flexibility index (Phi) is 5.45. The Morgan fingerprint density at radius 2 is 1.72 bits per heavy atom. The van der Waals surface area contributed by atoms with Gasteiger partial charge in [0.2, 0.25) is 0 Å². The van der Waals surface area contributed by atoms with Crippen LogP contribution in [0.1, 0.15) is 46.9 Å². The van der Waals surface area contributed by atoms with Crippen molar-refractivity contribution in [2.45, 2.75) is 60.0 Å². The summed E-state index contributed by atoms with van der Waals surface area (Å²) in [7, 11) is 0. The van der Waals surface area contributed by atoms with Gasteiger partial charge in [0.05, 0.1) is 5.69 Å². The lowest BCUT2D eigenvalue weighted by Gasteiger charge is -2.39. The molecule has 0 radical (unpaired) electrons. The molecule has 0 aliphatic carbocycles. The van der Waals surface area contributed by atoms with Crippen molar-refractivity contribution < 1.29 is 14.6 Å². The second-order valence-corrected chi connectivity index (χ2v) is 8.98. The molecule has 0 fully saturated rings. The molecule has 1 amide bonds. The number of hydrogen-bond donors (Lipinski definition) is 1. The van der Waals surface area contributed by atoms with Gasteiger partial charge in [-0.25, -0.2) is 4.98 Å². The highest BCUT2D eigenvalue weighted by atomic mass is 16.5. The molecule has 166 valence electrons. The van der Waals surface area contributed by atoms with Crippen LogP contribution in [-0.2, 0) is 11.2 Å². The minimum absolute atomic E-state index is 0.158. The molecule has 1 unspecified atom stereocenters. The molecule has 2 heterocycles. The molecule has 1 N–H and O–H groups in total. The van der Waals surface area contributed by atoms with Gasteiger partial charge in [-0.3, -0.25) is 9.69 Å². The number of aromatic nitrogens is 1. The molecule has 1 aromatic heterocycles. The highest BCUT2D eigenvalue weighted by molar-refractivity contribution is 6.05. The molecule has 5 nitrogen and oxygen atoms in total. The van der Waals surface area contributed by atoms with Gasteiger partial charge in [0, 0.05) is 17.7 Å². The molecule has 2 aromatic carbocycles. The summed E-state index contributed by atoms with van der Waals surface area (Å²) in [5, 5.41) is 10.5. The largest absolute Gasteiger partial charge is 0.507 e. The van der Waals surface area contributed by atoms with E-state index in [1.807, 2.05) is 84.0 Å². The number of fused-ring (bicyclic) bond motifs is 1. The summed E-state index contributed by atoms with van der Waals surface area (Å²) in [6.45, 7) is 11.5. The number of ether oxygens (including phenoxy) is 1. The number of hydrogen-bond acceptors (Lipinski definition) is 4. The van der Waals surface area contributed by atoms with Gasteiger partial charge in [-0.1, -0.05) is 18.2 Å². The minimum atomic E-state index is -1.07. The van der Waals surface area contributed by atoms with Gasteiger partial charge in [-0.05, 0) is 94.5 Å². The summed E-state index contributed by atoms with van der Waals surface area (Å²) < 4.78 is 6.48. The number of phenolic OH excluding ortho intramolecular Hbond substituents is 1. The van der Waals surface area contributed by atoms with Gasteiger partial charge in [0.15, 0.2) is 5.60 Å². The molecular formula is C27H30N2O3. The second-order valence-electron chi connectivity index (χ2n) is 8.98. The van der Waals surface area contributed by atoms with Gasteiger partial charge < -0.3 is 9.84 Å². The van der Waals surface area contributed by atoms with E-state index in [1.54, 1.807) is 4.90 Å². The lowest BCUT2D eigenvalue weighted by molar-refractivity contribution is -0.133. The number of amides is 1. The number of rotatable bonds is 3. The van der Waals surface area contributed by atoms with Gasteiger partial charge in [-0.15, -0.1) is 0 Å². The number of para-hydroxylation sites is 1. The standard InChI is InChI=1S/C27H30N2O3/c1-16-14-17(2)28-23(15-16)29(21-10-8-7-9-11-21)26(31)27(6)13-12-22-20(5)24(30)18(3)19(4)25(22)32-27/h7-11,14-15,30H,12-13H2,1-6H3. The van der Waals surface area contributed by atoms with Crippen LogP contribution in [0.2, 0.25) is 0 Å². The van der Waals surface area contributed by atoms with Crippen LogP contribution in [0.5, 0.6) is 11.5 Å². The Labute approximate surface area is 189 Å². The zero-order chi connectivity index (χ0) is 23.2. The van der Waals surface area contributed by atoms with Crippen LogP contribution in [0.4, 0.5) is 11.5 Å². The Bertz CT molecular complexity index is 1180. The lowest BCUT2D eigenvalue weighted by atomic mass is 9.86. The quantitative estimate of drug-likeness (QED) is 0.572. The Balaban J connectivity index is 1.82. The van der Waals surface area contributed by atoms with E-state index in [2.05, 4.69) is 4.98 Å². The van der Waals surface area contributed by atoms with Crippen LogP contribution in [0.15, 0.2) is 42.5 Å². The number of aryl methyl sites for hydroxylation is 2. The zero-order valence-corrected chi connectivity index (χ0v) is 19.6. The Morgan fingerprint density at radius 1 is 1.03 bits per heavy atom. The number of phenols is 1. The molecule has 0 spiro atoms. The van der Waals surface area contributed by atoms with Gasteiger partial charge in [-0.2, -0.15) is 0 Å². The molecule has 1 atom stereocenters. The third-order valence-electron chi connectivity index (χ3n) is 6.50. The van der Waals surface area contributed by atoms with Crippen molar-refractivity contribution in [1.82, 2.24) is 4.98 Å². The molecule has 3 aromatic rings. The summed E-state index contributed by atoms with van der Waals surface area (Å²) in [6, 6.07) is 13.5. The SMILES string of the molecule is Cc1cc(C)nc(N(C(=O)C2(C)CCc3c(C)c(O)c(C)c(C)c3O2)c2ccccc2)c1. The minimum Gasteiger partial charge on any atom is -0.507 e. The number of aromatic hydroxyl groups is 1. The first-order valence-corrected chi connectivity index (χ1v) is 11.0. The summed E-state index contributed by atoms with van der Waals surface area (Å²) in [5.41, 5.74) is 5.04. The van der Waals surface area contributed by atoms with Crippen molar-refractivity contribution in [3.63, 3.8) is 0 Å². The first-order valence-electron chi connectivity index (χ1n) is 11.0. The highest BCUT2D eigenvalue weighted by Gasteiger charge is 2.44. The molecule has 32 heavy (non-hydrogen) atoms. The Morgan fingerprint density at radius 3 is 2.38 bits per heavy atom. The number of anilines is 2. The van der Waals surface area contributed by atoms with E-state index in [4.69, 9.17) is 4.74 Å². The molecule has 5 heteroatoms. The van der Waals surface area contributed by atoms with Crippen molar-refractivity contribution in [2.75, 3.05) is 4.90 Å². The predicted molar refractivity (Wildman–Crippen MR) is 127 cm³/mol. The maximum atomic E-state index is 14.1. The average molecular weight is 431 g/mol. The molecular weight excluding hydrogens is 400 g/mol. The smallest absolute Gasteiger partial charge is 0.276 e. The van der Waals surface area contributed by atoms with Crippen molar-refractivity contribution in [3.05, 3.63) is 76.0 Å². The number of pyridine rings is 1. The molecule has 0 bridgehead atoms. The average Bonchev–Trinajstić information content (AvgIpc) is 2.76. The normalized spacial score (nSPS) is 17.4. The fourth-order valence-corrected chi connectivity index (χ4v) is 4.50. The monoisotopic (exact) mass is 430 g/mol. The van der Waals surface area contributed by atoms with E-state index in [1.165, 1.54) is 0 Å². The maximum absolute atomic E-state index is 14.1. The highest BCUT2D eigenvalue weighted by Crippen LogP contribution is 2.44. The van der Waals surface area contributed by atoms with Crippen LogP contribution in [-0.4, -0.2) is 21.6 Å². The first-order chi connectivity index (χ1) is 15.1. The zero-order valence-electron chi connectivity index (χ0n) is 19.6. The molecule has 1 aliphatic heterocycles. The topological polar surface area (TPSA) is 62.7 Å². The number of carbonyl (C=O) groups excluding carboxylic acids is 1. The predicted octanol–water partition coefficient (Wildman–Crippen LogP) is 5.78. The third kappa shape index (κ3) is 3.62. The van der Waals surface area contributed by atoms with Crippen molar-refractivity contribution in [3.8, 4) is 11.5 Å². The van der Waals surface area contributed by atoms with E-state index in [0.717, 1.165) is 39.2 Å². The van der Waals surface area contributed by atoms with Gasteiger partial charge in [0.25, 0.3) is 5.91 Å². The van der Waals surface area contributed by atoms with E-state index in [0.29, 0.717) is 30.2 Å². The first kappa shape index (κ1) is 21.9. The molecule has 4 rings (SSSR count). The van der Waals surface area contributed by atoms with Crippen molar-refractivity contribution >= 4 is 17.4 Å². The van der Waals surface area contributed by atoms with Crippen molar-refractivity contribution in [1.29, 1.82) is 0 Å². The molecule has 0 saturated heterocycles. The van der Waals surface area contributed by atoms with Crippen molar-refractivity contribution in [2.24, 2.45) is 0 Å². The van der Waals surface area contributed by atoms with E-state index < -0.39 is 5.60 Å². The second kappa shape index (κ2) is 7.97. The lowest BCUT2D eigenvalue weighted by Crippen LogP contribution is -2.51. The van der Waals surface area contributed by atoms with Crippen LogP contribution >= 0.6 is 0 Å². The third-order valence-corrected chi connectivity index (χ3v) is 6.50.